The first kappa shape index (κ1) is 15.7. The van der Waals surface area contributed by atoms with Crippen LogP contribution in [-0.4, -0.2) is 41.4 Å². The zero-order valence-corrected chi connectivity index (χ0v) is 13.2. The van der Waals surface area contributed by atoms with Gasteiger partial charge in [0.1, 0.15) is 10.9 Å². The second kappa shape index (κ2) is 7.38. The maximum atomic E-state index is 11.9. The fourth-order valence-electron chi connectivity index (χ4n) is 2.01. The van der Waals surface area contributed by atoms with E-state index < -0.39 is 0 Å². The third kappa shape index (κ3) is 4.41. The van der Waals surface area contributed by atoms with Gasteiger partial charge < -0.3 is 10.1 Å². The summed E-state index contributed by atoms with van der Waals surface area (Å²) >= 11 is 1.43. The third-order valence-electron chi connectivity index (χ3n) is 2.84. The Kier molecular flexibility index (Phi) is 5.52. The van der Waals surface area contributed by atoms with E-state index in [2.05, 4.69) is 15.3 Å². The molecule has 0 aliphatic rings. The summed E-state index contributed by atoms with van der Waals surface area (Å²) in [6, 6.07) is 7.83. The van der Waals surface area contributed by atoms with Crippen molar-refractivity contribution in [3.05, 3.63) is 30.1 Å². The molecule has 0 spiro atoms. The quantitative estimate of drug-likeness (QED) is 0.654. The standard InChI is InChI=1S/C15H19N3O2S/c1-10(8-20-3)16-14(19)9-21-15-12-6-4-5-7-13(12)17-11(2)18-15/h4-7,10H,8-9H2,1-3H3,(H,16,19)/t10-/m0/s1. The molecule has 1 aromatic carbocycles. The van der Waals surface area contributed by atoms with E-state index in [9.17, 15) is 4.79 Å². The minimum absolute atomic E-state index is 0.00646. The number of methoxy groups -OCH3 is 1. The van der Waals surface area contributed by atoms with Gasteiger partial charge in [-0.05, 0) is 19.9 Å². The van der Waals surface area contributed by atoms with E-state index in [0.717, 1.165) is 15.9 Å². The van der Waals surface area contributed by atoms with Gasteiger partial charge in [0.25, 0.3) is 0 Å². The van der Waals surface area contributed by atoms with Gasteiger partial charge in [0.05, 0.1) is 17.9 Å². The normalized spacial score (nSPS) is 12.3. The molecular weight excluding hydrogens is 286 g/mol. The van der Waals surface area contributed by atoms with Crippen molar-refractivity contribution in [2.75, 3.05) is 19.5 Å². The van der Waals surface area contributed by atoms with E-state index in [0.29, 0.717) is 18.2 Å². The number of amides is 1. The molecule has 0 fully saturated rings. The Morgan fingerprint density at radius 1 is 1.38 bits per heavy atom. The zero-order chi connectivity index (χ0) is 15.2. The summed E-state index contributed by atoms with van der Waals surface area (Å²) in [5, 5.41) is 4.70. The number of hydrogen-bond acceptors (Lipinski definition) is 5. The van der Waals surface area contributed by atoms with Crippen LogP contribution in [0, 0.1) is 6.92 Å². The SMILES string of the molecule is COC[C@H](C)NC(=O)CSc1nc(C)nc2ccccc12. The smallest absolute Gasteiger partial charge is 0.230 e. The minimum atomic E-state index is -0.0232. The van der Waals surface area contributed by atoms with Crippen LogP contribution in [0.2, 0.25) is 0 Å². The molecule has 2 aromatic rings. The predicted octanol–water partition coefficient (Wildman–Crippen LogP) is 2.18. The van der Waals surface area contributed by atoms with Crippen LogP contribution in [0.25, 0.3) is 10.9 Å². The van der Waals surface area contributed by atoms with Crippen LogP contribution >= 0.6 is 11.8 Å². The number of hydrogen-bond donors (Lipinski definition) is 1. The molecule has 1 amide bonds. The number of aryl methyl sites for hydroxylation is 1. The molecule has 1 N–H and O–H groups in total. The lowest BCUT2D eigenvalue weighted by atomic mass is 10.2. The Balaban J connectivity index is 2.05. The molecule has 5 nitrogen and oxygen atoms in total. The second-order valence-corrected chi connectivity index (χ2v) is 5.77. The van der Waals surface area contributed by atoms with Gasteiger partial charge in [0.15, 0.2) is 0 Å². The highest BCUT2D eigenvalue weighted by Crippen LogP contribution is 2.24. The van der Waals surface area contributed by atoms with E-state index >= 15 is 0 Å². The van der Waals surface area contributed by atoms with Gasteiger partial charge in [0, 0.05) is 18.5 Å². The number of nitrogens with zero attached hydrogens (tertiary/aromatic N) is 2. The molecule has 0 saturated carbocycles. The van der Waals surface area contributed by atoms with Crippen LogP contribution in [0.3, 0.4) is 0 Å². The molecule has 2 rings (SSSR count). The second-order valence-electron chi connectivity index (χ2n) is 4.81. The summed E-state index contributed by atoms with van der Waals surface area (Å²) in [5.41, 5.74) is 0.903. The average molecular weight is 305 g/mol. The molecule has 0 unspecified atom stereocenters. The molecule has 0 bridgehead atoms. The third-order valence-corrected chi connectivity index (χ3v) is 3.84. The number of ether oxygens (including phenoxy) is 1. The largest absolute Gasteiger partial charge is 0.383 e. The van der Waals surface area contributed by atoms with Gasteiger partial charge in [-0.2, -0.15) is 0 Å². The van der Waals surface area contributed by atoms with Gasteiger partial charge in [-0.25, -0.2) is 9.97 Å². The highest BCUT2D eigenvalue weighted by Gasteiger charge is 2.11. The van der Waals surface area contributed by atoms with Crippen LogP contribution in [0.5, 0.6) is 0 Å². The number of carbonyl (C=O) groups excluding carboxylic acids is 1. The summed E-state index contributed by atoms with van der Waals surface area (Å²) in [4.78, 5) is 20.7. The first-order chi connectivity index (χ1) is 10.1. The van der Waals surface area contributed by atoms with Crippen LogP contribution in [-0.2, 0) is 9.53 Å². The lowest BCUT2D eigenvalue weighted by Gasteiger charge is -2.12. The van der Waals surface area contributed by atoms with Gasteiger partial charge in [-0.15, -0.1) is 0 Å². The Bertz CT molecular complexity index is 633. The van der Waals surface area contributed by atoms with Crippen LogP contribution in [0.1, 0.15) is 12.7 Å². The molecule has 112 valence electrons. The monoisotopic (exact) mass is 305 g/mol. The molecule has 21 heavy (non-hydrogen) atoms. The first-order valence-electron chi connectivity index (χ1n) is 6.74. The Hall–Kier alpha value is -1.66. The van der Waals surface area contributed by atoms with Crippen LogP contribution in [0.4, 0.5) is 0 Å². The number of benzene rings is 1. The van der Waals surface area contributed by atoms with Crippen molar-refractivity contribution in [2.45, 2.75) is 24.9 Å². The van der Waals surface area contributed by atoms with E-state index in [1.165, 1.54) is 11.8 Å². The lowest BCUT2D eigenvalue weighted by molar-refractivity contribution is -0.119. The van der Waals surface area contributed by atoms with E-state index in [-0.39, 0.29) is 11.9 Å². The number of fused-ring (bicyclic) bond motifs is 1. The topological polar surface area (TPSA) is 64.1 Å². The van der Waals surface area contributed by atoms with Gasteiger partial charge in [0.2, 0.25) is 5.91 Å². The van der Waals surface area contributed by atoms with Crippen LogP contribution in [0.15, 0.2) is 29.3 Å². The Labute approximate surface area is 128 Å². The highest BCUT2D eigenvalue weighted by molar-refractivity contribution is 8.00. The van der Waals surface area contributed by atoms with E-state index in [4.69, 9.17) is 4.74 Å². The molecule has 0 radical (unpaired) electrons. The van der Waals surface area contributed by atoms with Crippen molar-refractivity contribution in [3.63, 3.8) is 0 Å². The Morgan fingerprint density at radius 2 is 2.14 bits per heavy atom. The molecule has 6 heteroatoms. The van der Waals surface area contributed by atoms with Crippen molar-refractivity contribution in [1.29, 1.82) is 0 Å². The number of thioether (sulfide) groups is 1. The summed E-state index contributed by atoms with van der Waals surface area (Å²) in [5.74, 6) is 1.02. The number of aromatic nitrogens is 2. The maximum absolute atomic E-state index is 11.9. The van der Waals surface area contributed by atoms with Gasteiger partial charge in [-0.1, -0.05) is 30.0 Å². The minimum Gasteiger partial charge on any atom is -0.383 e. The highest BCUT2D eigenvalue weighted by atomic mass is 32.2. The lowest BCUT2D eigenvalue weighted by Crippen LogP contribution is -2.36. The summed E-state index contributed by atoms with van der Waals surface area (Å²) in [6.45, 7) is 4.28. The molecule has 1 heterocycles. The summed E-state index contributed by atoms with van der Waals surface area (Å²) in [7, 11) is 1.62. The summed E-state index contributed by atoms with van der Waals surface area (Å²) in [6.07, 6.45) is 0. The van der Waals surface area contributed by atoms with E-state index in [1.54, 1.807) is 7.11 Å². The zero-order valence-electron chi connectivity index (χ0n) is 12.4. The van der Waals surface area contributed by atoms with Gasteiger partial charge >= 0.3 is 0 Å². The fourth-order valence-corrected chi connectivity index (χ4v) is 2.89. The number of carbonyl (C=O) groups is 1. The first-order valence-corrected chi connectivity index (χ1v) is 7.73. The predicted molar refractivity (Wildman–Crippen MR) is 84.5 cm³/mol. The Morgan fingerprint density at radius 3 is 2.90 bits per heavy atom. The summed E-state index contributed by atoms with van der Waals surface area (Å²) < 4.78 is 5.00. The van der Waals surface area contributed by atoms with E-state index in [1.807, 2.05) is 38.1 Å². The van der Waals surface area contributed by atoms with Crippen LogP contribution < -0.4 is 5.32 Å². The average Bonchev–Trinajstić information content (AvgIpc) is 2.44. The molecule has 0 aliphatic heterocycles. The molecule has 0 aliphatic carbocycles. The fraction of sp³-hybridized carbons (Fsp3) is 0.400. The molecule has 1 aromatic heterocycles. The number of nitrogens with one attached hydrogen (secondary N) is 1. The molecule has 1 atom stereocenters. The van der Waals surface area contributed by atoms with Crippen molar-refractivity contribution in [3.8, 4) is 0 Å². The number of rotatable bonds is 6. The van der Waals surface area contributed by atoms with Gasteiger partial charge in [-0.3, -0.25) is 4.79 Å². The molecular formula is C15H19N3O2S. The van der Waals surface area contributed by atoms with Crippen molar-refractivity contribution in [2.24, 2.45) is 0 Å². The van der Waals surface area contributed by atoms with Crippen molar-refractivity contribution in [1.82, 2.24) is 15.3 Å². The van der Waals surface area contributed by atoms with Crippen molar-refractivity contribution < 1.29 is 9.53 Å². The number of para-hydroxylation sites is 1. The molecule has 0 saturated heterocycles. The maximum Gasteiger partial charge on any atom is 0.230 e. The van der Waals surface area contributed by atoms with Crippen molar-refractivity contribution >= 4 is 28.6 Å².